The molecule has 3 aromatic rings. The minimum absolute atomic E-state index is 0.0172. The van der Waals surface area contributed by atoms with Crippen LogP contribution in [-0.4, -0.2) is 25.1 Å². The Hall–Kier alpha value is -2.44. The van der Waals surface area contributed by atoms with E-state index in [4.69, 9.17) is 10.2 Å². The lowest BCUT2D eigenvalue weighted by Crippen LogP contribution is -1.81. The maximum absolute atomic E-state index is 5.32. The van der Waals surface area contributed by atoms with Gasteiger partial charge in [-0.05, 0) is 6.07 Å². The van der Waals surface area contributed by atoms with Gasteiger partial charge in [-0.2, -0.15) is 0 Å². The van der Waals surface area contributed by atoms with Gasteiger partial charge in [-0.25, -0.2) is 4.98 Å². The standard InChI is InChI=1S/C8H6N6O/c9-8-14-13-7(15-8)6-11-4-1-2-10-3-5(4)12-6/h1-3H,(H2,9,14)(H,11,12). The first-order valence-corrected chi connectivity index (χ1v) is 4.22. The molecule has 0 aliphatic rings. The summed E-state index contributed by atoms with van der Waals surface area (Å²) in [4.78, 5) is 11.2. The van der Waals surface area contributed by atoms with Crippen molar-refractivity contribution in [3.63, 3.8) is 0 Å². The van der Waals surface area contributed by atoms with Gasteiger partial charge in [0.15, 0.2) is 5.82 Å². The van der Waals surface area contributed by atoms with Gasteiger partial charge in [-0.15, -0.1) is 5.10 Å². The minimum atomic E-state index is 0.0172. The van der Waals surface area contributed by atoms with Gasteiger partial charge < -0.3 is 15.1 Å². The lowest BCUT2D eigenvalue weighted by Gasteiger charge is -1.83. The van der Waals surface area contributed by atoms with Gasteiger partial charge >= 0.3 is 6.01 Å². The second-order valence-electron chi connectivity index (χ2n) is 2.92. The van der Waals surface area contributed by atoms with Crippen molar-refractivity contribution >= 4 is 17.0 Å². The molecule has 0 saturated heterocycles. The highest BCUT2D eigenvalue weighted by molar-refractivity contribution is 5.76. The molecule has 7 heteroatoms. The van der Waals surface area contributed by atoms with Crippen LogP contribution in [0.15, 0.2) is 22.9 Å². The van der Waals surface area contributed by atoms with E-state index in [9.17, 15) is 0 Å². The van der Waals surface area contributed by atoms with Crippen LogP contribution in [0.25, 0.3) is 22.7 Å². The van der Waals surface area contributed by atoms with Crippen LogP contribution in [-0.2, 0) is 0 Å². The van der Waals surface area contributed by atoms with Crippen LogP contribution >= 0.6 is 0 Å². The normalized spacial score (nSPS) is 10.9. The molecule has 0 aliphatic carbocycles. The molecule has 0 saturated carbocycles. The quantitative estimate of drug-likeness (QED) is 0.598. The van der Waals surface area contributed by atoms with E-state index in [0.29, 0.717) is 5.82 Å². The molecule has 3 rings (SSSR count). The molecule has 0 bridgehead atoms. The molecule has 15 heavy (non-hydrogen) atoms. The van der Waals surface area contributed by atoms with Crippen molar-refractivity contribution in [1.29, 1.82) is 0 Å². The van der Waals surface area contributed by atoms with Crippen molar-refractivity contribution in [3.05, 3.63) is 18.5 Å². The van der Waals surface area contributed by atoms with Crippen LogP contribution in [0.2, 0.25) is 0 Å². The number of nitrogens with zero attached hydrogens (tertiary/aromatic N) is 4. The number of hydrogen-bond donors (Lipinski definition) is 2. The average molecular weight is 202 g/mol. The molecule has 7 nitrogen and oxygen atoms in total. The fourth-order valence-corrected chi connectivity index (χ4v) is 1.29. The molecule has 0 aliphatic heterocycles. The Balaban J connectivity index is 2.19. The summed E-state index contributed by atoms with van der Waals surface area (Å²) in [5.74, 6) is 0.755. The molecular weight excluding hydrogens is 196 g/mol. The highest BCUT2D eigenvalue weighted by Gasteiger charge is 2.10. The Kier molecular flexibility index (Phi) is 1.46. The van der Waals surface area contributed by atoms with Crippen molar-refractivity contribution in [3.8, 4) is 11.7 Å². The summed E-state index contributed by atoms with van der Waals surface area (Å²) < 4.78 is 5.04. The van der Waals surface area contributed by atoms with E-state index >= 15 is 0 Å². The lowest BCUT2D eigenvalue weighted by molar-refractivity contribution is 0.586. The third-order valence-electron chi connectivity index (χ3n) is 1.93. The number of hydrogen-bond acceptors (Lipinski definition) is 6. The number of pyridine rings is 1. The second kappa shape index (κ2) is 2.77. The SMILES string of the molecule is Nc1nnc(-c2nc3ccncc3[nH]2)o1. The number of fused-ring (bicyclic) bond motifs is 1. The van der Waals surface area contributed by atoms with Gasteiger partial charge in [0.25, 0.3) is 5.89 Å². The summed E-state index contributed by atoms with van der Waals surface area (Å²) in [5, 5.41) is 7.27. The van der Waals surface area contributed by atoms with E-state index in [0.717, 1.165) is 11.0 Å². The molecule has 0 radical (unpaired) electrons. The predicted molar refractivity (Wildman–Crippen MR) is 51.6 cm³/mol. The first-order valence-electron chi connectivity index (χ1n) is 4.22. The predicted octanol–water partition coefficient (Wildman–Crippen LogP) is 0.590. The van der Waals surface area contributed by atoms with E-state index in [1.54, 1.807) is 18.5 Å². The highest BCUT2D eigenvalue weighted by Crippen LogP contribution is 2.18. The zero-order chi connectivity index (χ0) is 10.3. The summed E-state index contributed by atoms with van der Waals surface area (Å²) >= 11 is 0. The Bertz CT molecular complexity index is 579. The van der Waals surface area contributed by atoms with Crippen LogP contribution in [0, 0.1) is 0 Å². The zero-order valence-corrected chi connectivity index (χ0v) is 7.51. The van der Waals surface area contributed by atoms with Crippen LogP contribution < -0.4 is 5.73 Å². The fourth-order valence-electron chi connectivity index (χ4n) is 1.29. The molecule has 0 atom stereocenters. The summed E-state index contributed by atoms with van der Waals surface area (Å²) in [6.45, 7) is 0. The smallest absolute Gasteiger partial charge is 0.313 e. The van der Waals surface area contributed by atoms with Crippen LogP contribution in [0.3, 0.4) is 0 Å². The van der Waals surface area contributed by atoms with Crippen molar-refractivity contribution in [2.24, 2.45) is 0 Å². The van der Waals surface area contributed by atoms with Crippen molar-refractivity contribution in [1.82, 2.24) is 25.1 Å². The monoisotopic (exact) mass is 202 g/mol. The van der Waals surface area contributed by atoms with Crippen molar-refractivity contribution < 1.29 is 4.42 Å². The molecule has 0 aromatic carbocycles. The van der Waals surface area contributed by atoms with Crippen LogP contribution in [0.4, 0.5) is 6.01 Å². The molecule has 3 N–H and O–H groups in total. The Morgan fingerprint density at radius 1 is 1.33 bits per heavy atom. The maximum atomic E-state index is 5.32. The maximum Gasteiger partial charge on any atom is 0.313 e. The minimum Gasteiger partial charge on any atom is -0.400 e. The number of nitrogens with one attached hydrogen (secondary N) is 1. The molecule has 74 valence electrons. The zero-order valence-electron chi connectivity index (χ0n) is 7.51. The number of rotatable bonds is 1. The molecule has 3 heterocycles. The number of H-pyrrole nitrogens is 1. The third kappa shape index (κ3) is 1.21. The second-order valence-corrected chi connectivity index (χ2v) is 2.92. The van der Waals surface area contributed by atoms with Gasteiger partial charge in [0.05, 0.1) is 17.2 Å². The molecular formula is C8H6N6O. The van der Waals surface area contributed by atoms with E-state index in [2.05, 4.69) is 25.1 Å². The van der Waals surface area contributed by atoms with Gasteiger partial charge in [-0.3, -0.25) is 4.98 Å². The van der Waals surface area contributed by atoms with Crippen molar-refractivity contribution in [2.75, 3.05) is 5.73 Å². The number of nitrogen functional groups attached to an aromatic ring is 1. The fraction of sp³-hybridized carbons (Fsp3) is 0. The van der Waals surface area contributed by atoms with E-state index in [1.807, 2.05) is 0 Å². The summed E-state index contributed by atoms with van der Waals surface area (Å²) in [7, 11) is 0. The molecule has 0 amide bonds. The summed E-state index contributed by atoms with van der Waals surface area (Å²) in [6, 6.07) is 1.80. The van der Waals surface area contributed by atoms with E-state index < -0.39 is 0 Å². The number of nitrogens with two attached hydrogens (primary N) is 1. The number of aromatic amines is 1. The summed E-state index contributed by atoms with van der Waals surface area (Å²) in [6.07, 6.45) is 3.33. The highest BCUT2D eigenvalue weighted by atomic mass is 16.4. The Morgan fingerprint density at radius 3 is 3.00 bits per heavy atom. The van der Waals surface area contributed by atoms with Gasteiger partial charge in [-0.1, -0.05) is 5.10 Å². The summed E-state index contributed by atoms with van der Waals surface area (Å²) in [5.41, 5.74) is 6.91. The van der Waals surface area contributed by atoms with Gasteiger partial charge in [0.2, 0.25) is 0 Å². The molecule has 0 fully saturated rings. The lowest BCUT2D eigenvalue weighted by atomic mass is 10.4. The first kappa shape index (κ1) is 7.92. The molecule has 3 aromatic heterocycles. The number of imidazole rings is 1. The number of aromatic nitrogens is 5. The van der Waals surface area contributed by atoms with Crippen molar-refractivity contribution in [2.45, 2.75) is 0 Å². The molecule has 0 unspecified atom stereocenters. The topological polar surface area (TPSA) is 107 Å². The van der Waals surface area contributed by atoms with E-state index in [1.165, 1.54) is 0 Å². The Morgan fingerprint density at radius 2 is 2.27 bits per heavy atom. The van der Waals surface area contributed by atoms with Crippen LogP contribution in [0.5, 0.6) is 0 Å². The average Bonchev–Trinajstić information content (AvgIpc) is 2.82. The third-order valence-corrected chi connectivity index (χ3v) is 1.93. The molecule has 0 spiro atoms. The van der Waals surface area contributed by atoms with Gasteiger partial charge in [0, 0.05) is 6.20 Å². The van der Waals surface area contributed by atoms with E-state index in [-0.39, 0.29) is 11.9 Å². The number of anilines is 1. The Labute approximate surface area is 83.4 Å². The van der Waals surface area contributed by atoms with Gasteiger partial charge in [0.1, 0.15) is 0 Å². The first-order chi connectivity index (χ1) is 7.33. The van der Waals surface area contributed by atoms with Crippen LogP contribution in [0.1, 0.15) is 0 Å². The largest absolute Gasteiger partial charge is 0.400 e.